The fourth-order valence-corrected chi connectivity index (χ4v) is 1.99. The van der Waals surface area contributed by atoms with Crippen LogP contribution in [0, 0.1) is 6.92 Å². The number of hydrogen-bond donors (Lipinski definition) is 1. The van der Waals surface area contributed by atoms with Crippen molar-refractivity contribution in [2.24, 2.45) is 0 Å². The molecule has 3 heteroatoms. The van der Waals surface area contributed by atoms with Gasteiger partial charge in [-0.3, -0.25) is 0 Å². The van der Waals surface area contributed by atoms with E-state index in [0.29, 0.717) is 0 Å². The van der Waals surface area contributed by atoms with Crippen LogP contribution in [0.2, 0.25) is 0 Å². The Balaban J connectivity index is 2.75. The SMILES string of the molecule is Cc1cc2cc(CO)cc(Br)c2o1. The Morgan fingerprint density at radius 1 is 1.38 bits per heavy atom. The van der Waals surface area contributed by atoms with E-state index in [1.165, 1.54) is 0 Å². The highest BCUT2D eigenvalue weighted by molar-refractivity contribution is 9.10. The van der Waals surface area contributed by atoms with Crippen LogP contribution >= 0.6 is 15.9 Å². The summed E-state index contributed by atoms with van der Waals surface area (Å²) >= 11 is 3.40. The molecule has 2 aromatic rings. The monoisotopic (exact) mass is 240 g/mol. The third-order valence-corrected chi connectivity index (χ3v) is 2.53. The lowest BCUT2D eigenvalue weighted by atomic mass is 10.2. The molecule has 1 heterocycles. The van der Waals surface area contributed by atoms with Gasteiger partial charge in [0.1, 0.15) is 11.3 Å². The number of furan rings is 1. The number of halogens is 1. The van der Waals surface area contributed by atoms with Crippen molar-refractivity contribution >= 4 is 26.9 Å². The number of aryl methyl sites for hydroxylation is 1. The summed E-state index contributed by atoms with van der Waals surface area (Å²) in [4.78, 5) is 0. The van der Waals surface area contributed by atoms with Crippen LogP contribution in [0.4, 0.5) is 0 Å². The maximum Gasteiger partial charge on any atom is 0.148 e. The number of rotatable bonds is 1. The Hall–Kier alpha value is -0.800. The van der Waals surface area contributed by atoms with E-state index in [0.717, 1.165) is 26.8 Å². The Kier molecular flexibility index (Phi) is 2.14. The molecule has 0 aliphatic carbocycles. The third kappa shape index (κ3) is 1.49. The van der Waals surface area contributed by atoms with Crippen LogP contribution in [0.25, 0.3) is 11.0 Å². The van der Waals surface area contributed by atoms with Crippen molar-refractivity contribution < 1.29 is 9.52 Å². The summed E-state index contributed by atoms with van der Waals surface area (Å²) in [6, 6.07) is 5.75. The molecule has 0 saturated heterocycles. The van der Waals surface area contributed by atoms with Crippen molar-refractivity contribution in [3.8, 4) is 0 Å². The minimum atomic E-state index is 0.0543. The van der Waals surface area contributed by atoms with E-state index >= 15 is 0 Å². The van der Waals surface area contributed by atoms with Crippen LogP contribution in [0.5, 0.6) is 0 Å². The van der Waals surface area contributed by atoms with Crippen LogP contribution in [0.3, 0.4) is 0 Å². The molecular weight excluding hydrogens is 232 g/mol. The van der Waals surface area contributed by atoms with Gasteiger partial charge in [-0.15, -0.1) is 0 Å². The minimum Gasteiger partial charge on any atom is -0.460 e. The van der Waals surface area contributed by atoms with Crippen LogP contribution < -0.4 is 0 Å². The Labute approximate surface area is 84.3 Å². The summed E-state index contributed by atoms with van der Waals surface area (Å²) in [6.45, 7) is 1.96. The average Bonchev–Trinajstić information content (AvgIpc) is 2.46. The molecule has 0 aliphatic heterocycles. The summed E-state index contributed by atoms with van der Waals surface area (Å²) < 4.78 is 6.36. The quantitative estimate of drug-likeness (QED) is 0.832. The lowest BCUT2D eigenvalue weighted by Gasteiger charge is -1.97. The first-order valence-corrected chi connectivity index (χ1v) is 4.79. The van der Waals surface area contributed by atoms with Crippen molar-refractivity contribution in [3.05, 3.63) is 34.0 Å². The fourth-order valence-electron chi connectivity index (χ4n) is 1.39. The highest BCUT2D eigenvalue weighted by Gasteiger charge is 2.05. The molecule has 0 unspecified atom stereocenters. The molecule has 0 radical (unpaired) electrons. The summed E-state index contributed by atoms with van der Waals surface area (Å²) in [5.74, 6) is 0.880. The van der Waals surface area contributed by atoms with Crippen molar-refractivity contribution in [3.63, 3.8) is 0 Å². The number of hydrogen-bond acceptors (Lipinski definition) is 2. The van der Waals surface area contributed by atoms with Gasteiger partial charge in [0.2, 0.25) is 0 Å². The molecule has 0 saturated carbocycles. The molecule has 0 amide bonds. The highest BCUT2D eigenvalue weighted by atomic mass is 79.9. The Bertz CT molecular complexity index is 445. The van der Waals surface area contributed by atoms with Gasteiger partial charge in [-0.2, -0.15) is 0 Å². The minimum absolute atomic E-state index is 0.0543. The first-order chi connectivity index (χ1) is 6.20. The zero-order valence-corrected chi connectivity index (χ0v) is 8.76. The Morgan fingerprint density at radius 3 is 2.85 bits per heavy atom. The molecule has 13 heavy (non-hydrogen) atoms. The lowest BCUT2D eigenvalue weighted by Crippen LogP contribution is -1.81. The molecule has 2 rings (SSSR count). The molecule has 0 aliphatic rings. The third-order valence-electron chi connectivity index (χ3n) is 1.94. The second-order valence-electron chi connectivity index (χ2n) is 3.01. The normalized spacial score (nSPS) is 11.0. The van der Waals surface area contributed by atoms with Crippen LogP contribution in [-0.4, -0.2) is 5.11 Å². The predicted molar refractivity (Wildman–Crippen MR) is 54.6 cm³/mol. The first kappa shape index (κ1) is 8.78. The fraction of sp³-hybridized carbons (Fsp3) is 0.200. The van der Waals surface area contributed by atoms with E-state index in [2.05, 4.69) is 15.9 Å². The largest absolute Gasteiger partial charge is 0.460 e. The molecule has 1 aromatic heterocycles. The van der Waals surface area contributed by atoms with Gasteiger partial charge in [0.05, 0.1) is 11.1 Å². The zero-order valence-electron chi connectivity index (χ0n) is 7.17. The maximum absolute atomic E-state index is 8.98. The molecule has 0 fully saturated rings. The van der Waals surface area contributed by atoms with Gasteiger partial charge in [-0.05, 0) is 46.6 Å². The van der Waals surface area contributed by atoms with Crippen LogP contribution in [0.1, 0.15) is 11.3 Å². The molecule has 0 atom stereocenters. The van der Waals surface area contributed by atoms with Crippen molar-refractivity contribution in [2.75, 3.05) is 0 Å². The second-order valence-corrected chi connectivity index (χ2v) is 3.87. The van der Waals surface area contributed by atoms with E-state index in [1.807, 2.05) is 25.1 Å². The van der Waals surface area contributed by atoms with E-state index in [4.69, 9.17) is 9.52 Å². The van der Waals surface area contributed by atoms with E-state index in [-0.39, 0.29) is 6.61 Å². The molecule has 2 nitrogen and oxygen atoms in total. The highest BCUT2D eigenvalue weighted by Crippen LogP contribution is 2.28. The number of benzene rings is 1. The van der Waals surface area contributed by atoms with Gasteiger partial charge in [0.25, 0.3) is 0 Å². The summed E-state index contributed by atoms with van der Waals surface area (Å²) in [7, 11) is 0. The molecule has 0 spiro atoms. The van der Waals surface area contributed by atoms with Crippen molar-refractivity contribution in [1.29, 1.82) is 0 Å². The van der Waals surface area contributed by atoms with Gasteiger partial charge < -0.3 is 9.52 Å². The van der Waals surface area contributed by atoms with Crippen molar-refractivity contribution in [2.45, 2.75) is 13.5 Å². The zero-order chi connectivity index (χ0) is 9.42. The summed E-state index contributed by atoms with van der Waals surface area (Å²) in [5.41, 5.74) is 1.73. The molecular formula is C10H9BrO2. The van der Waals surface area contributed by atoms with Gasteiger partial charge >= 0.3 is 0 Å². The second kappa shape index (κ2) is 3.16. The standard InChI is InChI=1S/C10H9BrO2/c1-6-2-8-3-7(5-12)4-9(11)10(8)13-6/h2-4,12H,5H2,1H3. The number of aliphatic hydroxyl groups is 1. The van der Waals surface area contributed by atoms with E-state index in [1.54, 1.807) is 0 Å². The van der Waals surface area contributed by atoms with Crippen LogP contribution in [0.15, 0.2) is 27.1 Å². The molecule has 1 aromatic carbocycles. The van der Waals surface area contributed by atoms with Gasteiger partial charge in [-0.25, -0.2) is 0 Å². The maximum atomic E-state index is 8.98. The van der Waals surface area contributed by atoms with Gasteiger partial charge in [0.15, 0.2) is 0 Å². The average molecular weight is 241 g/mol. The molecule has 0 bridgehead atoms. The summed E-state index contributed by atoms with van der Waals surface area (Å²) in [6.07, 6.45) is 0. The summed E-state index contributed by atoms with van der Waals surface area (Å²) in [5, 5.41) is 10.0. The lowest BCUT2D eigenvalue weighted by molar-refractivity contribution is 0.282. The van der Waals surface area contributed by atoms with Gasteiger partial charge in [0, 0.05) is 5.39 Å². The van der Waals surface area contributed by atoms with Gasteiger partial charge in [-0.1, -0.05) is 0 Å². The number of fused-ring (bicyclic) bond motifs is 1. The smallest absolute Gasteiger partial charge is 0.148 e. The predicted octanol–water partition coefficient (Wildman–Crippen LogP) is 3.00. The van der Waals surface area contributed by atoms with Crippen LogP contribution in [-0.2, 0) is 6.61 Å². The van der Waals surface area contributed by atoms with E-state index < -0.39 is 0 Å². The molecule has 68 valence electrons. The Morgan fingerprint density at radius 2 is 2.15 bits per heavy atom. The van der Waals surface area contributed by atoms with Crippen molar-refractivity contribution in [1.82, 2.24) is 0 Å². The topological polar surface area (TPSA) is 33.4 Å². The van der Waals surface area contributed by atoms with E-state index in [9.17, 15) is 0 Å². The molecule has 1 N–H and O–H groups in total. The number of aliphatic hydroxyl groups excluding tert-OH is 1. The first-order valence-electron chi connectivity index (χ1n) is 4.00.